The maximum atomic E-state index is 2.47. The van der Waals surface area contributed by atoms with Crippen LogP contribution in [0.25, 0.3) is 88.0 Å². The van der Waals surface area contributed by atoms with E-state index in [4.69, 9.17) is 0 Å². The highest BCUT2D eigenvalue weighted by Gasteiger charge is 2.21. The van der Waals surface area contributed by atoms with Crippen molar-refractivity contribution >= 4 is 54.4 Å². The van der Waals surface area contributed by atoms with Crippen molar-refractivity contribution in [3.05, 3.63) is 182 Å². The minimum Gasteiger partial charge on any atom is -0.307 e. The molecule has 0 spiro atoms. The van der Waals surface area contributed by atoms with Crippen LogP contribution in [0.5, 0.6) is 0 Å². The van der Waals surface area contributed by atoms with Crippen LogP contribution < -0.4 is 0 Å². The van der Waals surface area contributed by atoms with Gasteiger partial charge in [0.15, 0.2) is 0 Å². The number of para-hydroxylation sites is 2. The molecule has 0 saturated heterocycles. The minimum atomic E-state index is 1.15. The van der Waals surface area contributed by atoms with Crippen LogP contribution >= 0.6 is 0 Å². The first-order valence-corrected chi connectivity index (χ1v) is 16.5. The average Bonchev–Trinajstić information content (AvgIpc) is 3.68. The van der Waals surface area contributed by atoms with E-state index in [1.54, 1.807) is 0 Å². The molecule has 2 nitrogen and oxygen atoms in total. The van der Waals surface area contributed by atoms with E-state index in [9.17, 15) is 0 Å². The molecule has 8 aromatic carbocycles. The highest BCUT2D eigenvalue weighted by atomic mass is 15.0. The predicted molar refractivity (Wildman–Crippen MR) is 203 cm³/mol. The second-order valence-corrected chi connectivity index (χ2v) is 12.6. The zero-order chi connectivity index (χ0) is 31.6. The lowest BCUT2D eigenvalue weighted by molar-refractivity contribution is 1.15. The molecule has 0 N–H and O–H groups in total. The van der Waals surface area contributed by atoms with Crippen molar-refractivity contribution in [1.29, 1.82) is 0 Å². The average molecular weight is 611 g/mol. The van der Waals surface area contributed by atoms with Gasteiger partial charge in [-0.3, -0.25) is 0 Å². The smallest absolute Gasteiger partial charge is 0.0788 e. The van der Waals surface area contributed by atoms with Crippen molar-refractivity contribution < 1.29 is 0 Å². The van der Waals surface area contributed by atoms with Crippen LogP contribution in [0, 0.1) is 0 Å². The molecule has 0 aliphatic heterocycles. The summed E-state index contributed by atoms with van der Waals surface area (Å²) in [6, 6.07) is 66.2. The molecule has 0 bridgehead atoms. The van der Waals surface area contributed by atoms with Gasteiger partial charge in [-0.1, -0.05) is 140 Å². The SMILES string of the molecule is c1ccc(-c2cccc(-n3c4ccccc4c4ccc5c6ccccc6n(-c6ccc(-c7ccc8ccccc8c7)cc6)c5c43)c2)cc1. The summed E-state index contributed by atoms with van der Waals surface area (Å²) >= 11 is 0. The Morgan fingerprint density at radius 2 is 0.792 bits per heavy atom. The Hall–Kier alpha value is -6.38. The summed E-state index contributed by atoms with van der Waals surface area (Å²) in [7, 11) is 0. The van der Waals surface area contributed by atoms with E-state index in [0.29, 0.717) is 0 Å². The van der Waals surface area contributed by atoms with Crippen LogP contribution in [-0.2, 0) is 0 Å². The molecule has 10 aromatic rings. The number of hydrogen-bond acceptors (Lipinski definition) is 0. The van der Waals surface area contributed by atoms with Gasteiger partial charge in [-0.25, -0.2) is 0 Å². The lowest BCUT2D eigenvalue weighted by atomic mass is 10.0. The number of hydrogen-bond donors (Lipinski definition) is 0. The monoisotopic (exact) mass is 610 g/mol. The minimum absolute atomic E-state index is 1.15. The van der Waals surface area contributed by atoms with Crippen molar-refractivity contribution in [3.8, 4) is 33.6 Å². The molecule has 2 aromatic heterocycles. The van der Waals surface area contributed by atoms with Crippen LogP contribution in [-0.4, -0.2) is 9.13 Å². The number of fused-ring (bicyclic) bond motifs is 8. The molecule has 224 valence electrons. The summed E-state index contributed by atoms with van der Waals surface area (Å²) in [6.45, 7) is 0. The third-order valence-electron chi connectivity index (χ3n) is 9.89. The summed E-state index contributed by atoms with van der Waals surface area (Å²) in [5.41, 5.74) is 12.0. The molecule has 48 heavy (non-hydrogen) atoms. The highest BCUT2D eigenvalue weighted by Crippen LogP contribution is 2.42. The molecule has 2 heterocycles. The molecule has 0 amide bonds. The van der Waals surface area contributed by atoms with Gasteiger partial charge in [0.05, 0.1) is 22.1 Å². The molecule has 0 aliphatic rings. The number of benzene rings is 8. The van der Waals surface area contributed by atoms with Crippen LogP contribution in [0.1, 0.15) is 0 Å². The van der Waals surface area contributed by atoms with Gasteiger partial charge >= 0.3 is 0 Å². The Balaban J connectivity index is 1.25. The van der Waals surface area contributed by atoms with E-state index in [0.717, 1.165) is 11.4 Å². The maximum absolute atomic E-state index is 2.47. The Labute approximate surface area is 278 Å². The van der Waals surface area contributed by atoms with Crippen LogP contribution in [0.2, 0.25) is 0 Å². The lowest BCUT2D eigenvalue weighted by Gasteiger charge is -2.14. The van der Waals surface area contributed by atoms with E-state index in [1.165, 1.54) is 76.6 Å². The first kappa shape index (κ1) is 26.8. The largest absolute Gasteiger partial charge is 0.307 e. The van der Waals surface area contributed by atoms with Crippen LogP contribution in [0.3, 0.4) is 0 Å². The van der Waals surface area contributed by atoms with Crippen molar-refractivity contribution in [3.63, 3.8) is 0 Å². The summed E-state index contributed by atoms with van der Waals surface area (Å²) in [4.78, 5) is 0. The first-order chi connectivity index (χ1) is 23.8. The van der Waals surface area contributed by atoms with Crippen molar-refractivity contribution in [2.45, 2.75) is 0 Å². The fourth-order valence-corrected chi connectivity index (χ4v) is 7.66. The Bertz CT molecular complexity index is 2820. The second-order valence-electron chi connectivity index (χ2n) is 12.6. The maximum Gasteiger partial charge on any atom is 0.0788 e. The predicted octanol–water partition coefficient (Wildman–Crippen LogP) is 12.4. The van der Waals surface area contributed by atoms with E-state index < -0.39 is 0 Å². The van der Waals surface area contributed by atoms with Crippen LogP contribution in [0.4, 0.5) is 0 Å². The number of rotatable bonds is 4. The lowest BCUT2D eigenvalue weighted by Crippen LogP contribution is -1.99. The molecule has 0 radical (unpaired) electrons. The molecule has 0 fully saturated rings. The third-order valence-corrected chi connectivity index (χ3v) is 9.89. The van der Waals surface area contributed by atoms with Gasteiger partial charge in [-0.15, -0.1) is 0 Å². The van der Waals surface area contributed by atoms with Gasteiger partial charge in [0.25, 0.3) is 0 Å². The van der Waals surface area contributed by atoms with Gasteiger partial charge < -0.3 is 9.13 Å². The van der Waals surface area contributed by atoms with E-state index >= 15 is 0 Å². The van der Waals surface area contributed by atoms with E-state index in [1.807, 2.05) is 0 Å². The zero-order valence-corrected chi connectivity index (χ0v) is 26.2. The van der Waals surface area contributed by atoms with Gasteiger partial charge in [0, 0.05) is 32.9 Å². The molecule has 0 unspecified atom stereocenters. The molecule has 0 aliphatic carbocycles. The Kier molecular flexibility index (Phi) is 5.91. The molecule has 0 saturated carbocycles. The normalized spacial score (nSPS) is 11.8. The van der Waals surface area contributed by atoms with Gasteiger partial charge in [0.2, 0.25) is 0 Å². The van der Waals surface area contributed by atoms with Gasteiger partial charge in [-0.05, 0) is 75.5 Å². The van der Waals surface area contributed by atoms with Crippen molar-refractivity contribution in [2.75, 3.05) is 0 Å². The number of nitrogens with zero attached hydrogens (tertiary/aromatic N) is 2. The fraction of sp³-hybridized carbons (Fsp3) is 0. The fourth-order valence-electron chi connectivity index (χ4n) is 7.66. The summed E-state index contributed by atoms with van der Waals surface area (Å²) in [5, 5.41) is 7.52. The summed E-state index contributed by atoms with van der Waals surface area (Å²) in [6.07, 6.45) is 0. The Morgan fingerprint density at radius 1 is 0.271 bits per heavy atom. The zero-order valence-electron chi connectivity index (χ0n) is 26.2. The van der Waals surface area contributed by atoms with Crippen molar-refractivity contribution in [1.82, 2.24) is 9.13 Å². The molecular weight excluding hydrogens is 581 g/mol. The number of aromatic nitrogens is 2. The molecular formula is C46H30N2. The van der Waals surface area contributed by atoms with Gasteiger partial charge in [0.1, 0.15) is 0 Å². The topological polar surface area (TPSA) is 9.86 Å². The summed E-state index contributed by atoms with van der Waals surface area (Å²) in [5.74, 6) is 0. The van der Waals surface area contributed by atoms with Gasteiger partial charge in [-0.2, -0.15) is 0 Å². The van der Waals surface area contributed by atoms with E-state index in [2.05, 4.69) is 191 Å². The molecule has 0 atom stereocenters. The quantitative estimate of drug-likeness (QED) is 0.188. The molecule has 10 rings (SSSR count). The van der Waals surface area contributed by atoms with Crippen LogP contribution in [0.15, 0.2) is 182 Å². The Morgan fingerprint density at radius 3 is 1.50 bits per heavy atom. The van der Waals surface area contributed by atoms with Crippen molar-refractivity contribution in [2.24, 2.45) is 0 Å². The standard InChI is InChI=1S/C46H30N2/c1-2-11-31(12-3-1)35-15-10-16-38(30-35)48-44-20-9-7-18-40(44)42-28-27-41-39-17-6-8-19-43(39)47(45(41)46(42)48)37-25-23-33(24-26-37)36-22-21-32-13-4-5-14-34(32)29-36/h1-30H. The second kappa shape index (κ2) is 10.6. The third kappa shape index (κ3) is 4.06. The highest BCUT2D eigenvalue weighted by molar-refractivity contribution is 6.23. The first-order valence-electron chi connectivity index (χ1n) is 16.5. The summed E-state index contributed by atoms with van der Waals surface area (Å²) < 4.78 is 4.94. The molecule has 2 heteroatoms. The van der Waals surface area contributed by atoms with E-state index in [-0.39, 0.29) is 0 Å².